The van der Waals surface area contributed by atoms with E-state index in [4.69, 9.17) is 10.2 Å². The highest BCUT2D eigenvalue weighted by Crippen LogP contribution is 2.31. The molecule has 2 aromatic carbocycles. The highest BCUT2D eigenvalue weighted by molar-refractivity contribution is 9.10. The zero-order valence-corrected chi connectivity index (χ0v) is 12.4. The average molecular weight is 353 g/mol. The lowest BCUT2D eigenvalue weighted by atomic mass is 9.93. The van der Waals surface area contributed by atoms with E-state index in [1.54, 1.807) is 6.07 Å². The van der Waals surface area contributed by atoms with Crippen LogP contribution in [0.5, 0.6) is 0 Å². The first-order valence-electron chi connectivity index (χ1n) is 5.88. The molecule has 0 aliphatic rings. The third kappa shape index (κ3) is 2.95. The zero-order chi connectivity index (χ0) is 15.7. The van der Waals surface area contributed by atoms with Gasteiger partial charge in [-0.15, -0.1) is 0 Å². The normalized spacial score (nSPS) is 10.4. The molecule has 0 saturated carbocycles. The van der Waals surface area contributed by atoms with Crippen LogP contribution in [0.15, 0.2) is 34.8 Å². The third-order valence-corrected chi connectivity index (χ3v) is 3.60. The molecule has 0 radical (unpaired) electrons. The molecule has 0 fully saturated rings. The van der Waals surface area contributed by atoms with Crippen molar-refractivity contribution < 1.29 is 24.2 Å². The van der Waals surface area contributed by atoms with E-state index in [1.165, 1.54) is 25.1 Å². The summed E-state index contributed by atoms with van der Waals surface area (Å²) in [6, 6.07) is 6.66. The Morgan fingerprint density at radius 3 is 2.24 bits per heavy atom. The van der Waals surface area contributed by atoms with Crippen LogP contribution in [-0.2, 0) is 0 Å². The Morgan fingerprint density at radius 1 is 1.05 bits per heavy atom. The maximum Gasteiger partial charge on any atom is 0.335 e. The van der Waals surface area contributed by atoms with Gasteiger partial charge in [0.25, 0.3) is 0 Å². The monoisotopic (exact) mass is 352 g/mol. The number of aromatic carboxylic acids is 2. The van der Waals surface area contributed by atoms with E-state index < -0.39 is 17.8 Å². The number of carboxylic acids is 2. The molecule has 2 aromatic rings. The summed E-state index contributed by atoms with van der Waals surface area (Å²) in [5.41, 5.74) is 0.356. The van der Waals surface area contributed by atoms with Crippen LogP contribution in [0.2, 0.25) is 0 Å². The third-order valence-electron chi connectivity index (χ3n) is 3.11. The van der Waals surface area contributed by atoms with Crippen molar-refractivity contribution in [3.05, 3.63) is 57.3 Å². The molecule has 0 bridgehead atoms. The zero-order valence-electron chi connectivity index (χ0n) is 10.9. The molecule has 0 saturated heterocycles. The molecule has 0 unspecified atom stereocenters. The standard InChI is InChI=1S/C15H10BrFO4/c1-7-11(10-3-2-9(16)6-13(10)17)4-8(14(18)19)5-12(7)15(20)21/h2-6H,1H3,(H,18,19)(H,20,21). The van der Waals surface area contributed by atoms with Crippen molar-refractivity contribution in [3.8, 4) is 11.1 Å². The SMILES string of the molecule is Cc1c(C(=O)O)cc(C(=O)O)cc1-c1ccc(Br)cc1F. The number of halogens is 2. The second kappa shape index (κ2) is 5.65. The Labute approximate surface area is 128 Å². The van der Waals surface area contributed by atoms with Crippen LogP contribution in [0.25, 0.3) is 11.1 Å². The van der Waals surface area contributed by atoms with Gasteiger partial charge in [0.1, 0.15) is 5.82 Å². The molecule has 4 nitrogen and oxygen atoms in total. The van der Waals surface area contributed by atoms with Crippen molar-refractivity contribution in [3.63, 3.8) is 0 Å². The van der Waals surface area contributed by atoms with Gasteiger partial charge >= 0.3 is 11.9 Å². The van der Waals surface area contributed by atoms with E-state index in [2.05, 4.69) is 15.9 Å². The fraction of sp³-hybridized carbons (Fsp3) is 0.0667. The summed E-state index contributed by atoms with van der Waals surface area (Å²) < 4.78 is 14.6. The van der Waals surface area contributed by atoms with E-state index in [1.807, 2.05) is 0 Å². The highest BCUT2D eigenvalue weighted by Gasteiger charge is 2.18. The quantitative estimate of drug-likeness (QED) is 0.876. The second-order valence-electron chi connectivity index (χ2n) is 4.43. The molecule has 0 atom stereocenters. The first kappa shape index (κ1) is 15.2. The van der Waals surface area contributed by atoms with Crippen LogP contribution >= 0.6 is 15.9 Å². The van der Waals surface area contributed by atoms with Crippen molar-refractivity contribution >= 4 is 27.9 Å². The lowest BCUT2D eigenvalue weighted by Crippen LogP contribution is -2.06. The van der Waals surface area contributed by atoms with Crippen LogP contribution in [0.1, 0.15) is 26.3 Å². The van der Waals surface area contributed by atoms with E-state index in [-0.39, 0.29) is 22.3 Å². The predicted molar refractivity (Wildman–Crippen MR) is 78.2 cm³/mol. The van der Waals surface area contributed by atoms with Crippen LogP contribution < -0.4 is 0 Å². The highest BCUT2D eigenvalue weighted by atomic mass is 79.9. The van der Waals surface area contributed by atoms with Gasteiger partial charge in [0.2, 0.25) is 0 Å². The Hall–Kier alpha value is -2.21. The summed E-state index contributed by atoms with van der Waals surface area (Å²) >= 11 is 3.13. The largest absolute Gasteiger partial charge is 0.478 e. The van der Waals surface area contributed by atoms with Gasteiger partial charge in [0.15, 0.2) is 0 Å². The maximum atomic E-state index is 14.1. The van der Waals surface area contributed by atoms with Gasteiger partial charge in [-0.25, -0.2) is 14.0 Å². The van der Waals surface area contributed by atoms with Gasteiger partial charge in [-0.1, -0.05) is 22.0 Å². The molecule has 2 rings (SSSR count). The van der Waals surface area contributed by atoms with Crippen LogP contribution in [0.4, 0.5) is 4.39 Å². The Bertz CT molecular complexity index is 756. The van der Waals surface area contributed by atoms with Gasteiger partial charge in [0, 0.05) is 10.0 Å². The number of hydrogen-bond donors (Lipinski definition) is 2. The Balaban J connectivity index is 2.78. The van der Waals surface area contributed by atoms with Crippen LogP contribution in [-0.4, -0.2) is 22.2 Å². The molecule has 0 heterocycles. The first-order valence-corrected chi connectivity index (χ1v) is 6.67. The average Bonchev–Trinajstić information content (AvgIpc) is 2.39. The van der Waals surface area contributed by atoms with E-state index >= 15 is 0 Å². The number of hydrogen-bond acceptors (Lipinski definition) is 2. The summed E-state index contributed by atoms with van der Waals surface area (Å²) in [7, 11) is 0. The first-order chi connectivity index (χ1) is 9.81. The molecule has 108 valence electrons. The second-order valence-corrected chi connectivity index (χ2v) is 5.35. The molecular formula is C15H10BrFO4. The van der Waals surface area contributed by atoms with Crippen molar-refractivity contribution in [2.24, 2.45) is 0 Å². The smallest absolute Gasteiger partial charge is 0.335 e. The van der Waals surface area contributed by atoms with E-state index in [9.17, 15) is 14.0 Å². The minimum atomic E-state index is -1.27. The predicted octanol–water partition coefficient (Wildman–Crippen LogP) is 3.96. The molecule has 0 amide bonds. The molecule has 2 N–H and O–H groups in total. The molecule has 6 heteroatoms. The minimum absolute atomic E-state index is 0.154. The lowest BCUT2D eigenvalue weighted by Gasteiger charge is -2.12. The summed E-state index contributed by atoms with van der Waals surface area (Å²) in [5.74, 6) is -3.09. The summed E-state index contributed by atoms with van der Waals surface area (Å²) in [5, 5.41) is 18.2. The Kier molecular flexibility index (Phi) is 4.09. The molecule has 21 heavy (non-hydrogen) atoms. The molecule has 0 aliphatic carbocycles. The van der Waals surface area contributed by atoms with Crippen LogP contribution in [0.3, 0.4) is 0 Å². The Morgan fingerprint density at radius 2 is 1.71 bits per heavy atom. The fourth-order valence-electron chi connectivity index (χ4n) is 2.05. The van der Waals surface area contributed by atoms with Crippen molar-refractivity contribution in [2.45, 2.75) is 6.92 Å². The fourth-order valence-corrected chi connectivity index (χ4v) is 2.38. The number of rotatable bonds is 3. The lowest BCUT2D eigenvalue weighted by molar-refractivity contribution is 0.0695. The molecule has 0 aliphatic heterocycles. The minimum Gasteiger partial charge on any atom is -0.478 e. The van der Waals surface area contributed by atoms with Crippen molar-refractivity contribution in [2.75, 3.05) is 0 Å². The van der Waals surface area contributed by atoms with E-state index in [0.717, 1.165) is 6.07 Å². The summed E-state index contributed by atoms with van der Waals surface area (Å²) in [6.45, 7) is 1.52. The van der Waals surface area contributed by atoms with Gasteiger partial charge in [-0.05, 0) is 42.3 Å². The number of carboxylic acid groups (broad SMARTS) is 2. The van der Waals surface area contributed by atoms with Crippen molar-refractivity contribution in [1.29, 1.82) is 0 Å². The van der Waals surface area contributed by atoms with Crippen molar-refractivity contribution in [1.82, 2.24) is 0 Å². The van der Waals surface area contributed by atoms with Gasteiger partial charge < -0.3 is 10.2 Å². The van der Waals surface area contributed by atoms with Crippen LogP contribution in [0, 0.1) is 12.7 Å². The summed E-state index contributed by atoms with van der Waals surface area (Å²) in [6.07, 6.45) is 0. The van der Waals surface area contributed by atoms with Gasteiger partial charge in [-0.3, -0.25) is 0 Å². The van der Waals surface area contributed by atoms with Gasteiger partial charge in [0.05, 0.1) is 11.1 Å². The molecule has 0 spiro atoms. The number of benzene rings is 2. The maximum absolute atomic E-state index is 14.1. The summed E-state index contributed by atoms with van der Waals surface area (Å²) in [4.78, 5) is 22.3. The molecule has 0 aromatic heterocycles. The van der Waals surface area contributed by atoms with E-state index in [0.29, 0.717) is 10.0 Å². The number of carbonyl (C=O) groups is 2. The topological polar surface area (TPSA) is 74.6 Å². The van der Waals surface area contributed by atoms with Gasteiger partial charge in [-0.2, -0.15) is 0 Å². The molecular weight excluding hydrogens is 343 g/mol.